The zero-order valence-electron chi connectivity index (χ0n) is 13.2. The standard InChI is InChI=1S/C17H22ClNO4/c1-22-16-9-11(4-5-13(16)18)17(21)19-7-2-3-14(19)12-10-23-8-6-15(12)20/h4-5,9,12,14-15,20H,2-3,6-8,10H2,1H3. The number of aliphatic hydroxyl groups excluding tert-OH is 1. The number of aliphatic hydroxyl groups is 1. The van der Waals surface area contributed by atoms with Gasteiger partial charge in [-0.05, 0) is 37.5 Å². The van der Waals surface area contributed by atoms with E-state index in [2.05, 4.69) is 0 Å². The smallest absolute Gasteiger partial charge is 0.254 e. The van der Waals surface area contributed by atoms with Gasteiger partial charge in [-0.25, -0.2) is 0 Å². The van der Waals surface area contributed by atoms with Crippen molar-refractivity contribution in [1.82, 2.24) is 4.90 Å². The summed E-state index contributed by atoms with van der Waals surface area (Å²) in [6.07, 6.45) is 2.09. The Labute approximate surface area is 141 Å². The van der Waals surface area contributed by atoms with E-state index >= 15 is 0 Å². The minimum atomic E-state index is -0.401. The largest absolute Gasteiger partial charge is 0.495 e. The molecule has 0 spiro atoms. The van der Waals surface area contributed by atoms with E-state index < -0.39 is 6.10 Å². The van der Waals surface area contributed by atoms with Crippen molar-refractivity contribution in [3.05, 3.63) is 28.8 Å². The van der Waals surface area contributed by atoms with Gasteiger partial charge in [-0.15, -0.1) is 0 Å². The number of rotatable bonds is 3. The lowest BCUT2D eigenvalue weighted by Gasteiger charge is -2.37. The summed E-state index contributed by atoms with van der Waals surface area (Å²) in [6.45, 7) is 1.81. The van der Waals surface area contributed by atoms with Gasteiger partial charge in [0.15, 0.2) is 0 Å². The van der Waals surface area contributed by atoms with Crippen molar-refractivity contribution >= 4 is 17.5 Å². The summed E-state index contributed by atoms with van der Waals surface area (Å²) in [5.74, 6) is 0.443. The minimum absolute atomic E-state index is 0.00982. The molecule has 2 aliphatic rings. The lowest BCUT2D eigenvalue weighted by atomic mass is 9.89. The van der Waals surface area contributed by atoms with Gasteiger partial charge in [-0.1, -0.05) is 11.6 Å². The number of ether oxygens (including phenoxy) is 2. The highest BCUT2D eigenvalue weighted by Crippen LogP contribution is 2.32. The summed E-state index contributed by atoms with van der Waals surface area (Å²) in [4.78, 5) is 14.8. The van der Waals surface area contributed by atoms with Crippen LogP contribution >= 0.6 is 11.6 Å². The highest BCUT2D eigenvalue weighted by Gasteiger charge is 2.39. The van der Waals surface area contributed by atoms with Gasteiger partial charge in [0.2, 0.25) is 0 Å². The molecule has 2 saturated heterocycles. The van der Waals surface area contributed by atoms with E-state index in [0.29, 0.717) is 42.5 Å². The third kappa shape index (κ3) is 3.32. The van der Waals surface area contributed by atoms with Crippen LogP contribution in [0, 0.1) is 5.92 Å². The van der Waals surface area contributed by atoms with Crippen molar-refractivity contribution in [3.63, 3.8) is 0 Å². The molecular weight excluding hydrogens is 318 g/mol. The Hall–Kier alpha value is -1.30. The molecule has 1 amide bonds. The van der Waals surface area contributed by atoms with E-state index in [1.165, 1.54) is 7.11 Å². The van der Waals surface area contributed by atoms with E-state index in [4.69, 9.17) is 21.1 Å². The number of methoxy groups -OCH3 is 1. The lowest BCUT2D eigenvalue weighted by Crippen LogP contribution is -2.48. The van der Waals surface area contributed by atoms with Crippen molar-refractivity contribution in [2.45, 2.75) is 31.4 Å². The number of hydrogen-bond donors (Lipinski definition) is 1. The summed E-state index contributed by atoms with van der Waals surface area (Å²) in [5, 5.41) is 10.7. The molecule has 126 valence electrons. The second-order valence-electron chi connectivity index (χ2n) is 6.15. The summed E-state index contributed by atoms with van der Waals surface area (Å²) in [6, 6.07) is 5.10. The number of hydrogen-bond acceptors (Lipinski definition) is 4. The number of benzene rings is 1. The zero-order valence-corrected chi connectivity index (χ0v) is 14.0. The molecule has 0 radical (unpaired) electrons. The summed E-state index contributed by atoms with van der Waals surface area (Å²) < 4.78 is 10.7. The average Bonchev–Trinajstić information content (AvgIpc) is 3.04. The molecule has 1 aromatic rings. The predicted octanol–water partition coefficient (Wildman–Crippen LogP) is 2.35. The Bertz CT molecular complexity index is 580. The minimum Gasteiger partial charge on any atom is -0.495 e. The Balaban J connectivity index is 1.80. The van der Waals surface area contributed by atoms with Crippen LogP contribution in [0.4, 0.5) is 0 Å². The molecule has 6 heteroatoms. The van der Waals surface area contributed by atoms with Crippen molar-refractivity contribution in [3.8, 4) is 5.75 Å². The molecule has 0 aromatic heterocycles. The molecule has 0 bridgehead atoms. The van der Waals surface area contributed by atoms with Crippen molar-refractivity contribution in [1.29, 1.82) is 0 Å². The number of likely N-dealkylation sites (tertiary alicyclic amines) is 1. The van der Waals surface area contributed by atoms with Crippen LogP contribution in [-0.2, 0) is 4.74 Å². The van der Waals surface area contributed by atoms with E-state index in [1.54, 1.807) is 18.2 Å². The van der Waals surface area contributed by atoms with Crippen LogP contribution in [0.5, 0.6) is 5.75 Å². The molecule has 3 rings (SSSR count). The monoisotopic (exact) mass is 339 g/mol. The molecule has 1 N–H and O–H groups in total. The summed E-state index contributed by atoms with van der Waals surface area (Å²) in [7, 11) is 1.53. The Morgan fingerprint density at radius 2 is 2.26 bits per heavy atom. The Kier molecular flexibility index (Phi) is 5.09. The second-order valence-corrected chi connectivity index (χ2v) is 6.56. The number of amides is 1. The van der Waals surface area contributed by atoms with Crippen LogP contribution in [0.15, 0.2) is 18.2 Å². The molecule has 2 heterocycles. The number of nitrogens with zero attached hydrogens (tertiary/aromatic N) is 1. The average molecular weight is 340 g/mol. The highest BCUT2D eigenvalue weighted by atomic mass is 35.5. The quantitative estimate of drug-likeness (QED) is 0.918. The fraction of sp³-hybridized carbons (Fsp3) is 0.588. The second kappa shape index (κ2) is 7.07. The maximum Gasteiger partial charge on any atom is 0.254 e. The van der Waals surface area contributed by atoms with Crippen LogP contribution in [0.25, 0.3) is 0 Å². The van der Waals surface area contributed by atoms with Crippen molar-refractivity contribution < 1.29 is 19.4 Å². The van der Waals surface area contributed by atoms with Crippen LogP contribution in [-0.4, -0.2) is 54.9 Å². The molecule has 3 atom stereocenters. The van der Waals surface area contributed by atoms with Gasteiger partial charge < -0.3 is 19.5 Å². The van der Waals surface area contributed by atoms with Crippen molar-refractivity contribution in [2.24, 2.45) is 5.92 Å². The van der Waals surface area contributed by atoms with Crippen LogP contribution < -0.4 is 4.74 Å². The molecule has 2 fully saturated rings. The van der Waals surface area contributed by atoms with E-state index in [9.17, 15) is 9.90 Å². The third-order valence-corrected chi connectivity index (χ3v) is 5.13. The van der Waals surface area contributed by atoms with Crippen LogP contribution in [0.3, 0.4) is 0 Å². The Morgan fingerprint density at radius 3 is 3.00 bits per heavy atom. The summed E-state index contributed by atoms with van der Waals surface area (Å²) >= 11 is 6.03. The molecule has 5 nitrogen and oxygen atoms in total. The molecule has 1 aromatic carbocycles. The van der Waals surface area contributed by atoms with E-state index in [0.717, 1.165) is 12.8 Å². The number of halogens is 1. The zero-order chi connectivity index (χ0) is 16.4. The fourth-order valence-corrected chi connectivity index (χ4v) is 3.76. The lowest BCUT2D eigenvalue weighted by molar-refractivity contribution is -0.0589. The molecule has 0 saturated carbocycles. The first-order valence-corrected chi connectivity index (χ1v) is 8.40. The first kappa shape index (κ1) is 16.6. The van der Waals surface area contributed by atoms with Crippen LogP contribution in [0.2, 0.25) is 5.02 Å². The topological polar surface area (TPSA) is 59.0 Å². The first-order valence-electron chi connectivity index (χ1n) is 8.02. The number of carbonyl (C=O) groups excluding carboxylic acids is 1. The maximum atomic E-state index is 12.9. The van der Waals surface area contributed by atoms with Crippen LogP contribution in [0.1, 0.15) is 29.6 Å². The van der Waals surface area contributed by atoms with Gasteiger partial charge in [0.05, 0.1) is 24.8 Å². The van der Waals surface area contributed by atoms with E-state index in [1.807, 2.05) is 4.90 Å². The van der Waals surface area contributed by atoms with Gasteiger partial charge in [0, 0.05) is 30.7 Å². The van der Waals surface area contributed by atoms with Gasteiger partial charge in [0.25, 0.3) is 5.91 Å². The van der Waals surface area contributed by atoms with Gasteiger partial charge >= 0.3 is 0 Å². The highest BCUT2D eigenvalue weighted by molar-refractivity contribution is 6.32. The summed E-state index contributed by atoms with van der Waals surface area (Å²) in [5.41, 5.74) is 0.560. The SMILES string of the molecule is COc1cc(C(=O)N2CCCC2C2COCCC2O)ccc1Cl. The molecule has 23 heavy (non-hydrogen) atoms. The predicted molar refractivity (Wildman–Crippen MR) is 87.0 cm³/mol. The van der Waals surface area contributed by atoms with Gasteiger partial charge in [0.1, 0.15) is 5.75 Å². The van der Waals surface area contributed by atoms with Gasteiger partial charge in [-0.2, -0.15) is 0 Å². The Morgan fingerprint density at radius 1 is 1.43 bits per heavy atom. The molecular formula is C17H22ClNO4. The van der Waals surface area contributed by atoms with Crippen molar-refractivity contribution in [2.75, 3.05) is 26.9 Å². The molecule has 3 unspecified atom stereocenters. The maximum absolute atomic E-state index is 12.9. The normalized spacial score (nSPS) is 28.0. The first-order chi connectivity index (χ1) is 11.1. The number of carbonyl (C=O) groups is 1. The molecule has 2 aliphatic heterocycles. The fourth-order valence-electron chi connectivity index (χ4n) is 3.56. The van der Waals surface area contributed by atoms with E-state index in [-0.39, 0.29) is 17.9 Å². The molecule has 0 aliphatic carbocycles. The van der Waals surface area contributed by atoms with Gasteiger partial charge in [-0.3, -0.25) is 4.79 Å². The third-order valence-electron chi connectivity index (χ3n) is 4.81.